The largest absolute Gasteiger partial charge is 0.390 e. The average molecular weight is 261 g/mol. The number of pyridine rings is 1. The predicted octanol–water partition coefficient (Wildman–Crippen LogP) is 3.11. The van der Waals surface area contributed by atoms with E-state index in [-0.39, 0.29) is 23.0 Å². The van der Waals surface area contributed by atoms with E-state index in [2.05, 4.69) is 4.98 Å². The molecule has 1 aromatic heterocycles. The minimum Gasteiger partial charge on any atom is -0.324 e. The zero-order valence-corrected chi connectivity index (χ0v) is 9.03. The van der Waals surface area contributed by atoms with Gasteiger partial charge in [-0.2, -0.15) is 13.2 Å². The van der Waals surface area contributed by atoms with Gasteiger partial charge in [0.25, 0.3) is 0 Å². The fourth-order valence-corrected chi connectivity index (χ4v) is 1.31. The molecule has 0 unspecified atom stereocenters. The Morgan fingerprint density at radius 2 is 2.07 bits per heavy atom. The molecule has 1 atom stereocenters. The van der Waals surface area contributed by atoms with E-state index in [0.29, 0.717) is 0 Å². The van der Waals surface area contributed by atoms with Crippen molar-refractivity contribution in [2.75, 3.05) is 0 Å². The number of aromatic nitrogens is 1. The van der Waals surface area contributed by atoms with Gasteiger partial charge in [-0.15, -0.1) is 12.4 Å². The highest BCUT2D eigenvalue weighted by atomic mass is 35.5. The summed E-state index contributed by atoms with van der Waals surface area (Å²) in [7, 11) is 0. The minimum atomic E-state index is -4.29. The molecular formula is C8H9Cl2F3N2. The van der Waals surface area contributed by atoms with Crippen molar-refractivity contribution in [1.29, 1.82) is 0 Å². The molecular weight excluding hydrogens is 252 g/mol. The molecule has 2 nitrogen and oxygen atoms in total. The second-order valence-electron chi connectivity index (χ2n) is 2.82. The lowest BCUT2D eigenvalue weighted by Gasteiger charge is -2.15. The van der Waals surface area contributed by atoms with Crippen LogP contribution in [0.5, 0.6) is 0 Å². The zero-order chi connectivity index (χ0) is 10.8. The summed E-state index contributed by atoms with van der Waals surface area (Å²) in [4.78, 5) is 3.66. The Morgan fingerprint density at radius 3 is 2.53 bits per heavy atom. The SMILES string of the molecule is Cl.N[C@@H](CC(F)(F)F)c1ccncc1Cl. The molecule has 7 heteroatoms. The van der Waals surface area contributed by atoms with Gasteiger partial charge >= 0.3 is 6.18 Å². The molecule has 0 saturated heterocycles. The summed E-state index contributed by atoms with van der Waals surface area (Å²) >= 11 is 5.64. The molecule has 1 aromatic rings. The topological polar surface area (TPSA) is 38.9 Å². The first-order chi connectivity index (χ1) is 6.40. The van der Waals surface area contributed by atoms with Gasteiger partial charge in [-0.05, 0) is 11.6 Å². The lowest BCUT2D eigenvalue weighted by atomic mass is 10.1. The monoisotopic (exact) mass is 260 g/mol. The van der Waals surface area contributed by atoms with Crippen LogP contribution in [0.3, 0.4) is 0 Å². The number of hydrogen-bond acceptors (Lipinski definition) is 2. The smallest absolute Gasteiger partial charge is 0.324 e. The van der Waals surface area contributed by atoms with E-state index in [1.165, 1.54) is 18.5 Å². The third kappa shape index (κ3) is 4.68. The highest BCUT2D eigenvalue weighted by molar-refractivity contribution is 6.31. The molecule has 0 amide bonds. The lowest BCUT2D eigenvalue weighted by molar-refractivity contribution is -0.138. The van der Waals surface area contributed by atoms with E-state index in [1.54, 1.807) is 0 Å². The first-order valence-corrected chi connectivity index (χ1v) is 4.19. The van der Waals surface area contributed by atoms with E-state index < -0.39 is 18.6 Å². The maximum absolute atomic E-state index is 12.0. The van der Waals surface area contributed by atoms with Gasteiger partial charge in [-0.25, -0.2) is 0 Å². The van der Waals surface area contributed by atoms with Gasteiger partial charge in [-0.1, -0.05) is 11.6 Å². The molecule has 0 aromatic carbocycles. The predicted molar refractivity (Wildman–Crippen MR) is 54.1 cm³/mol. The maximum Gasteiger partial charge on any atom is 0.390 e. The van der Waals surface area contributed by atoms with Crippen molar-refractivity contribution in [2.24, 2.45) is 5.73 Å². The Kier molecular flexibility index (Phi) is 5.34. The Balaban J connectivity index is 0.00000196. The number of hydrogen-bond donors (Lipinski definition) is 1. The van der Waals surface area contributed by atoms with Crippen molar-refractivity contribution in [2.45, 2.75) is 18.6 Å². The number of nitrogens with zero attached hydrogens (tertiary/aromatic N) is 1. The van der Waals surface area contributed by atoms with Crippen molar-refractivity contribution in [3.8, 4) is 0 Å². The first kappa shape index (κ1) is 14.5. The van der Waals surface area contributed by atoms with Crippen LogP contribution in [-0.4, -0.2) is 11.2 Å². The molecule has 0 aliphatic carbocycles. The van der Waals surface area contributed by atoms with E-state index in [9.17, 15) is 13.2 Å². The number of rotatable bonds is 2. The van der Waals surface area contributed by atoms with E-state index in [1.807, 2.05) is 0 Å². The summed E-state index contributed by atoms with van der Waals surface area (Å²) < 4.78 is 36.0. The number of alkyl halides is 3. The normalized spacial score (nSPS) is 13.1. The molecule has 2 N–H and O–H groups in total. The summed E-state index contributed by atoms with van der Waals surface area (Å²) in [5.41, 5.74) is 5.61. The van der Waals surface area contributed by atoms with Crippen LogP contribution >= 0.6 is 24.0 Å². The lowest BCUT2D eigenvalue weighted by Crippen LogP contribution is -2.20. The Bertz CT molecular complexity index is 317. The van der Waals surface area contributed by atoms with Crippen LogP contribution in [0.15, 0.2) is 18.5 Å². The Labute approximate surface area is 96.0 Å². The van der Waals surface area contributed by atoms with Crippen LogP contribution in [0.2, 0.25) is 5.02 Å². The molecule has 0 fully saturated rings. The fourth-order valence-electron chi connectivity index (χ4n) is 1.05. The van der Waals surface area contributed by atoms with Crippen LogP contribution in [-0.2, 0) is 0 Å². The summed E-state index contributed by atoms with van der Waals surface area (Å²) in [6, 6.07) is 0.254. The van der Waals surface area contributed by atoms with Crippen LogP contribution < -0.4 is 5.73 Å². The zero-order valence-electron chi connectivity index (χ0n) is 7.46. The average Bonchev–Trinajstić information content (AvgIpc) is 2.01. The minimum absolute atomic E-state index is 0. The summed E-state index contributed by atoms with van der Waals surface area (Å²) in [6.45, 7) is 0. The quantitative estimate of drug-likeness (QED) is 0.888. The molecule has 0 aliphatic rings. The van der Waals surface area contributed by atoms with Gasteiger partial charge in [0, 0.05) is 18.4 Å². The van der Waals surface area contributed by atoms with Gasteiger partial charge in [0.05, 0.1) is 11.4 Å². The van der Waals surface area contributed by atoms with Crippen LogP contribution in [0.25, 0.3) is 0 Å². The fraction of sp³-hybridized carbons (Fsp3) is 0.375. The van der Waals surface area contributed by atoms with E-state index in [0.717, 1.165) is 0 Å². The highest BCUT2D eigenvalue weighted by Crippen LogP contribution is 2.30. The molecule has 86 valence electrons. The molecule has 1 heterocycles. The van der Waals surface area contributed by atoms with Crippen molar-refractivity contribution >= 4 is 24.0 Å². The first-order valence-electron chi connectivity index (χ1n) is 3.82. The van der Waals surface area contributed by atoms with E-state index in [4.69, 9.17) is 17.3 Å². The summed E-state index contributed by atoms with van der Waals surface area (Å²) in [5.74, 6) is 0. The van der Waals surface area contributed by atoms with Gasteiger partial charge in [0.15, 0.2) is 0 Å². The van der Waals surface area contributed by atoms with Crippen molar-refractivity contribution in [1.82, 2.24) is 4.98 Å². The third-order valence-electron chi connectivity index (χ3n) is 1.65. The summed E-state index contributed by atoms with van der Waals surface area (Å²) in [6.07, 6.45) is -2.74. The molecule has 15 heavy (non-hydrogen) atoms. The van der Waals surface area contributed by atoms with Gasteiger partial charge in [-0.3, -0.25) is 4.98 Å². The molecule has 0 spiro atoms. The Hall–Kier alpha value is -0.520. The highest BCUT2D eigenvalue weighted by Gasteiger charge is 2.31. The third-order valence-corrected chi connectivity index (χ3v) is 1.97. The second kappa shape index (κ2) is 5.53. The standard InChI is InChI=1S/C8H8ClF3N2.ClH/c9-6-4-14-2-1-5(6)7(13)3-8(10,11)12;/h1-2,4,7H,3,13H2;1H/t7-;/m0./s1. The Morgan fingerprint density at radius 1 is 1.47 bits per heavy atom. The van der Waals surface area contributed by atoms with Crippen LogP contribution in [0.4, 0.5) is 13.2 Å². The molecule has 0 saturated carbocycles. The van der Waals surface area contributed by atoms with Gasteiger partial charge < -0.3 is 5.73 Å². The van der Waals surface area contributed by atoms with Crippen LogP contribution in [0, 0.1) is 0 Å². The van der Waals surface area contributed by atoms with Gasteiger partial charge in [0.2, 0.25) is 0 Å². The number of nitrogens with two attached hydrogens (primary N) is 1. The molecule has 0 radical (unpaired) electrons. The maximum atomic E-state index is 12.0. The van der Waals surface area contributed by atoms with E-state index >= 15 is 0 Å². The van der Waals surface area contributed by atoms with Crippen molar-refractivity contribution in [3.05, 3.63) is 29.0 Å². The van der Waals surface area contributed by atoms with Gasteiger partial charge in [0.1, 0.15) is 0 Å². The van der Waals surface area contributed by atoms with Crippen LogP contribution in [0.1, 0.15) is 18.0 Å². The number of halogens is 5. The molecule has 0 bridgehead atoms. The van der Waals surface area contributed by atoms with Crippen molar-refractivity contribution in [3.63, 3.8) is 0 Å². The second-order valence-corrected chi connectivity index (χ2v) is 3.23. The molecule has 0 aliphatic heterocycles. The molecule has 1 rings (SSSR count). The summed E-state index contributed by atoms with van der Waals surface area (Å²) in [5, 5.41) is 0.157. The van der Waals surface area contributed by atoms with Crippen molar-refractivity contribution < 1.29 is 13.2 Å².